The van der Waals surface area contributed by atoms with Crippen LogP contribution in [-0.4, -0.2) is 4.57 Å². The van der Waals surface area contributed by atoms with Crippen LogP contribution in [0, 0.1) is 0 Å². The van der Waals surface area contributed by atoms with Crippen LogP contribution in [-0.2, 0) is 20.0 Å². The minimum Gasteiger partial charge on any atom is -0.346 e. The monoisotopic (exact) mass is 368 g/mol. The largest absolute Gasteiger partial charge is 0.346 e. The van der Waals surface area contributed by atoms with Gasteiger partial charge >= 0.3 is 0 Å². The van der Waals surface area contributed by atoms with Gasteiger partial charge in [0.25, 0.3) is 0 Å². The molecule has 3 heteroatoms. The van der Waals surface area contributed by atoms with Crippen LogP contribution in [0.1, 0.15) is 35.7 Å². The molecule has 0 aliphatic heterocycles. The van der Waals surface area contributed by atoms with Crippen LogP contribution in [0.15, 0.2) is 53.0 Å². The number of aromatic nitrogens is 1. The Morgan fingerprint density at radius 2 is 2.00 bits per heavy atom. The first kappa shape index (κ1) is 15.0. The van der Waals surface area contributed by atoms with E-state index in [1.54, 1.807) is 0 Å². The SMILES string of the molecule is Cn1c2c(c3cc(Br)ccc31)CCCC2NCc1ccccc1. The van der Waals surface area contributed by atoms with Gasteiger partial charge in [0.2, 0.25) is 0 Å². The second-order valence-electron chi connectivity index (χ2n) is 6.40. The third-order valence-corrected chi connectivity index (χ3v) is 5.45. The van der Waals surface area contributed by atoms with Gasteiger partial charge in [0.1, 0.15) is 0 Å². The molecule has 2 aromatic carbocycles. The number of benzene rings is 2. The summed E-state index contributed by atoms with van der Waals surface area (Å²) in [6, 6.07) is 17.7. The van der Waals surface area contributed by atoms with Crippen LogP contribution < -0.4 is 5.32 Å². The van der Waals surface area contributed by atoms with Crippen LogP contribution in [0.4, 0.5) is 0 Å². The normalized spacial score (nSPS) is 17.4. The summed E-state index contributed by atoms with van der Waals surface area (Å²) in [5.74, 6) is 0. The van der Waals surface area contributed by atoms with Crippen molar-refractivity contribution in [1.82, 2.24) is 9.88 Å². The topological polar surface area (TPSA) is 17.0 Å². The summed E-state index contributed by atoms with van der Waals surface area (Å²) in [6.45, 7) is 0.927. The minimum absolute atomic E-state index is 0.440. The number of nitrogens with one attached hydrogen (secondary N) is 1. The highest BCUT2D eigenvalue weighted by atomic mass is 79.9. The lowest BCUT2D eigenvalue weighted by atomic mass is 9.91. The average molecular weight is 369 g/mol. The molecular weight excluding hydrogens is 348 g/mol. The van der Waals surface area contributed by atoms with Gasteiger partial charge in [-0.25, -0.2) is 0 Å². The predicted octanol–water partition coefficient (Wildman–Crippen LogP) is 5.11. The smallest absolute Gasteiger partial charge is 0.0484 e. The van der Waals surface area contributed by atoms with Gasteiger partial charge in [-0.2, -0.15) is 0 Å². The standard InChI is InChI=1S/C20H21BrN2/c1-23-19-11-10-15(21)12-17(19)16-8-5-9-18(20(16)23)22-13-14-6-3-2-4-7-14/h2-4,6-7,10-12,18,22H,5,8-9,13H2,1H3. The van der Waals surface area contributed by atoms with Crippen LogP contribution in [0.5, 0.6) is 0 Å². The van der Waals surface area contributed by atoms with E-state index in [1.807, 2.05) is 0 Å². The van der Waals surface area contributed by atoms with Crippen molar-refractivity contribution in [3.8, 4) is 0 Å². The molecule has 0 radical (unpaired) electrons. The van der Waals surface area contributed by atoms with E-state index in [4.69, 9.17) is 0 Å². The maximum atomic E-state index is 3.78. The number of nitrogens with zero attached hydrogens (tertiary/aromatic N) is 1. The van der Waals surface area contributed by atoms with Crippen LogP contribution >= 0.6 is 15.9 Å². The van der Waals surface area contributed by atoms with E-state index in [2.05, 4.69) is 81.4 Å². The molecule has 1 unspecified atom stereocenters. The fourth-order valence-corrected chi connectivity index (χ4v) is 4.24. The van der Waals surface area contributed by atoms with Gasteiger partial charge < -0.3 is 9.88 Å². The van der Waals surface area contributed by atoms with Gasteiger partial charge in [0.05, 0.1) is 0 Å². The molecule has 3 aromatic rings. The molecule has 4 rings (SSSR count). The van der Waals surface area contributed by atoms with E-state index in [9.17, 15) is 0 Å². The Hall–Kier alpha value is -1.58. The Labute approximate surface area is 145 Å². The Kier molecular flexibility index (Phi) is 4.00. The van der Waals surface area contributed by atoms with E-state index < -0.39 is 0 Å². The molecule has 0 spiro atoms. The molecule has 0 bridgehead atoms. The van der Waals surface area contributed by atoms with Crippen molar-refractivity contribution in [1.29, 1.82) is 0 Å². The summed E-state index contributed by atoms with van der Waals surface area (Å²) in [5.41, 5.74) is 5.69. The van der Waals surface area contributed by atoms with E-state index in [-0.39, 0.29) is 0 Å². The zero-order valence-corrected chi connectivity index (χ0v) is 14.9. The molecule has 0 saturated carbocycles. The van der Waals surface area contributed by atoms with Gasteiger partial charge in [0.15, 0.2) is 0 Å². The maximum Gasteiger partial charge on any atom is 0.0484 e. The van der Waals surface area contributed by atoms with Crippen LogP contribution in [0.3, 0.4) is 0 Å². The fourth-order valence-electron chi connectivity index (χ4n) is 3.87. The van der Waals surface area contributed by atoms with Crippen molar-refractivity contribution in [3.63, 3.8) is 0 Å². The van der Waals surface area contributed by atoms with E-state index in [0.29, 0.717) is 6.04 Å². The molecule has 1 heterocycles. The molecule has 1 aliphatic carbocycles. The quantitative estimate of drug-likeness (QED) is 0.679. The molecule has 1 aromatic heterocycles. The number of aryl methyl sites for hydroxylation is 2. The predicted molar refractivity (Wildman–Crippen MR) is 99.6 cm³/mol. The molecule has 1 atom stereocenters. The summed E-state index contributed by atoms with van der Waals surface area (Å²) in [5, 5.41) is 5.18. The number of rotatable bonds is 3. The van der Waals surface area contributed by atoms with E-state index in [1.165, 1.54) is 47.0 Å². The van der Waals surface area contributed by atoms with Crippen molar-refractivity contribution in [2.75, 3.05) is 0 Å². The van der Waals surface area contributed by atoms with Gasteiger partial charge in [0, 0.05) is 40.7 Å². The highest BCUT2D eigenvalue weighted by molar-refractivity contribution is 9.10. The minimum atomic E-state index is 0.440. The third-order valence-electron chi connectivity index (χ3n) is 4.96. The van der Waals surface area contributed by atoms with Gasteiger partial charge in [-0.1, -0.05) is 46.3 Å². The molecule has 1 N–H and O–H groups in total. The van der Waals surface area contributed by atoms with E-state index >= 15 is 0 Å². The lowest BCUT2D eigenvalue weighted by molar-refractivity contribution is 0.440. The molecule has 0 saturated heterocycles. The van der Waals surface area contributed by atoms with Gasteiger partial charge in [-0.3, -0.25) is 0 Å². The van der Waals surface area contributed by atoms with Crippen LogP contribution in [0.2, 0.25) is 0 Å². The Balaban J connectivity index is 1.69. The first-order valence-corrected chi connectivity index (χ1v) is 9.07. The Morgan fingerprint density at radius 3 is 2.83 bits per heavy atom. The summed E-state index contributed by atoms with van der Waals surface area (Å²) in [6.07, 6.45) is 3.66. The lowest BCUT2D eigenvalue weighted by Gasteiger charge is -2.26. The Morgan fingerprint density at radius 1 is 1.17 bits per heavy atom. The molecule has 23 heavy (non-hydrogen) atoms. The molecule has 0 amide bonds. The number of halogens is 1. The van der Waals surface area contributed by atoms with Crippen molar-refractivity contribution in [2.24, 2.45) is 7.05 Å². The first-order valence-electron chi connectivity index (χ1n) is 8.28. The lowest BCUT2D eigenvalue weighted by Crippen LogP contribution is -2.26. The maximum absolute atomic E-state index is 3.78. The van der Waals surface area contributed by atoms with E-state index in [0.717, 1.165) is 11.0 Å². The zero-order chi connectivity index (χ0) is 15.8. The molecule has 118 valence electrons. The first-order chi connectivity index (χ1) is 11.2. The number of hydrogen-bond acceptors (Lipinski definition) is 1. The Bertz CT molecular complexity index is 836. The van der Waals surface area contributed by atoms with Crippen molar-refractivity contribution >= 4 is 26.8 Å². The summed E-state index contributed by atoms with van der Waals surface area (Å²) < 4.78 is 3.55. The summed E-state index contributed by atoms with van der Waals surface area (Å²) in [7, 11) is 2.21. The molecular formula is C20H21BrN2. The number of fused-ring (bicyclic) bond motifs is 3. The van der Waals surface area contributed by atoms with Crippen molar-refractivity contribution < 1.29 is 0 Å². The number of hydrogen-bond donors (Lipinski definition) is 1. The summed E-state index contributed by atoms with van der Waals surface area (Å²) in [4.78, 5) is 0. The van der Waals surface area contributed by atoms with Gasteiger partial charge in [-0.15, -0.1) is 0 Å². The highest BCUT2D eigenvalue weighted by Gasteiger charge is 2.26. The highest BCUT2D eigenvalue weighted by Crippen LogP contribution is 2.37. The van der Waals surface area contributed by atoms with Gasteiger partial charge in [-0.05, 0) is 48.6 Å². The summed E-state index contributed by atoms with van der Waals surface area (Å²) >= 11 is 3.62. The van der Waals surface area contributed by atoms with Crippen molar-refractivity contribution in [3.05, 3.63) is 69.8 Å². The zero-order valence-electron chi connectivity index (χ0n) is 13.3. The fraction of sp³-hybridized carbons (Fsp3) is 0.300. The molecule has 2 nitrogen and oxygen atoms in total. The van der Waals surface area contributed by atoms with Crippen molar-refractivity contribution in [2.45, 2.75) is 31.8 Å². The second kappa shape index (κ2) is 6.14. The molecule has 1 aliphatic rings. The second-order valence-corrected chi connectivity index (χ2v) is 7.31. The third kappa shape index (κ3) is 2.73. The molecule has 0 fully saturated rings. The average Bonchev–Trinajstić information content (AvgIpc) is 2.87. The van der Waals surface area contributed by atoms with Crippen LogP contribution in [0.25, 0.3) is 10.9 Å².